The van der Waals surface area contributed by atoms with E-state index in [0.29, 0.717) is 31.3 Å². The number of hydrogen-bond acceptors (Lipinski definition) is 5. The standard InChI is InChI=1S/C16H21ClN4O3/c17-12-1-2-14(20-5-7-24-8-6-20)13(9-12)19-10-16(23)21-4-3-18-15(22)11-21/h1-2,9,19H,3-8,10-11H2,(H,18,22). The predicted octanol–water partition coefficient (Wildman–Crippen LogP) is 0.547. The smallest absolute Gasteiger partial charge is 0.242 e. The molecular weight excluding hydrogens is 332 g/mol. The molecule has 0 spiro atoms. The van der Waals surface area contributed by atoms with Crippen molar-refractivity contribution in [3.8, 4) is 0 Å². The van der Waals surface area contributed by atoms with Crippen molar-refractivity contribution < 1.29 is 14.3 Å². The highest BCUT2D eigenvalue weighted by atomic mass is 35.5. The van der Waals surface area contributed by atoms with Crippen LogP contribution >= 0.6 is 11.6 Å². The Morgan fingerprint density at radius 1 is 1.29 bits per heavy atom. The Labute approximate surface area is 145 Å². The van der Waals surface area contributed by atoms with Gasteiger partial charge in [-0.25, -0.2) is 0 Å². The van der Waals surface area contributed by atoms with E-state index in [1.807, 2.05) is 18.2 Å². The van der Waals surface area contributed by atoms with Crippen LogP contribution < -0.4 is 15.5 Å². The third kappa shape index (κ3) is 4.10. The fourth-order valence-electron chi connectivity index (χ4n) is 2.86. The maximum atomic E-state index is 12.3. The zero-order chi connectivity index (χ0) is 16.9. The lowest BCUT2D eigenvalue weighted by Crippen LogP contribution is -2.51. The van der Waals surface area contributed by atoms with Crippen molar-refractivity contribution in [3.63, 3.8) is 0 Å². The summed E-state index contributed by atoms with van der Waals surface area (Å²) in [7, 11) is 0. The lowest BCUT2D eigenvalue weighted by Gasteiger charge is -2.31. The molecule has 130 valence electrons. The van der Waals surface area contributed by atoms with Crippen LogP contribution in [0.2, 0.25) is 5.02 Å². The average molecular weight is 353 g/mol. The highest BCUT2D eigenvalue weighted by molar-refractivity contribution is 6.31. The molecule has 0 aliphatic carbocycles. The van der Waals surface area contributed by atoms with E-state index >= 15 is 0 Å². The molecule has 2 aliphatic rings. The Hall–Kier alpha value is -1.99. The minimum absolute atomic E-state index is 0.0993. The number of anilines is 2. The number of nitrogens with zero attached hydrogens (tertiary/aromatic N) is 2. The summed E-state index contributed by atoms with van der Waals surface area (Å²) in [6.07, 6.45) is 0. The minimum atomic E-state index is -0.119. The van der Waals surface area contributed by atoms with E-state index < -0.39 is 0 Å². The van der Waals surface area contributed by atoms with Crippen molar-refractivity contribution in [2.75, 3.05) is 62.7 Å². The number of rotatable bonds is 4. The second-order valence-electron chi connectivity index (χ2n) is 5.78. The molecule has 1 aromatic rings. The second-order valence-corrected chi connectivity index (χ2v) is 6.22. The molecule has 0 unspecified atom stereocenters. The average Bonchev–Trinajstić information content (AvgIpc) is 2.60. The van der Waals surface area contributed by atoms with Crippen molar-refractivity contribution in [1.29, 1.82) is 0 Å². The Morgan fingerprint density at radius 2 is 2.08 bits per heavy atom. The number of carbonyl (C=O) groups excluding carboxylic acids is 2. The highest BCUT2D eigenvalue weighted by Crippen LogP contribution is 2.29. The lowest BCUT2D eigenvalue weighted by molar-refractivity contribution is -0.136. The largest absolute Gasteiger partial charge is 0.378 e. The van der Waals surface area contributed by atoms with Gasteiger partial charge in [0.25, 0.3) is 0 Å². The van der Waals surface area contributed by atoms with Gasteiger partial charge in [0.05, 0.1) is 37.7 Å². The molecule has 0 radical (unpaired) electrons. The third-order valence-corrected chi connectivity index (χ3v) is 4.37. The number of hydrogen-bond donors (Lipinski definition) is 2. The van der Waals surface area contributed by atoms with E-state index in [-0.39, 0.29) is 24.9 Å². The Morgan fingerprint density at radius 3 is 2.83 bits per heavy atom. The Balaban J connectivity index is 1.66. The van der Waals surface area contributed by atoms with Crippen LogP contribution in [-0.2, 0) is 14.3 Å². The van der Waals surface area contributed by atoms with Gasteiger partial charge < -0.3 is 25.2 Å². The van der Waals surface area contributed by atoms with E-state index in [0.717, 1.165) is 24.5 Å². The van der Waals surface area contributed by atoms with Crippen LogP contribution in [0.25, 0.3) is 0 Å². The van der Waals surface area contributed by atoms with Gasteiger partial charge in [-0.1, -0.05) is 11.6 Å². The highest BCUT2D eigenvalue weighted by Gasteiger charge is 2.21. The summed E-state index contributed by atoms with van der Waals surface area (Å²) >= 11 is 6.11. The number of amides is 2. The molecule has 2 amide bonds. The molecule has 2 fully saturated rings. The summed E-state index contributed by atoms with van der Waals surface area (Å²) in [5.74, 6) is -0.218. The normalized spacial score (nSPS) is 18.3. The second kappa shape index (κ2) is 7.72. The molecule has 1 aromatic carbocycles. The summed E-state index contributed by atoms with van der Waals surface area (Å²) in [5, 5.41) is 6.49. The number of morpholine rings is 1. The quantitative estimate of drug-likeness (QED) is 0.827. The number of ether oxygens (including phenoxy) is 1. The van der Waals surface area contributed by atoms with Gasteiger partial charge in [-0.3, -0.25) is 9.59 Å². The molecule has 3 rings (SSSR count). The van der Waals surface area contributed by atoms with E-state index in [9.17, 15) is 9.59 Å². The van der Waals surface area contributed by atoms with Gasteiger partial charge in [0.1, 0.15) is 0 Å². The molecule has 0 bridgehead atoms. The molecule has 8 heteroatoms. The first-order valence-corrected chi connectivity index (χ1v) is 8.42. The molecule has 0 saturated carbocycles. The fourth-order valence-corrected chi connectivity index (χ4v) is 3.04. The van der Waals surface area contributed by atoms with Crippen LogP contribution in [-0.4, -0.2) is 69.2 Å². The summed E-state index contributed by atoms with van der Waals surface area (Å²) in [6.45, 7) is 4.26. The minimum Gasteiger partial charge on any atom is -0.378 e. The third-order valence-electron chi connectivity index (χ3n) is 4.13. The van der Waals surface area contributed by atoms with Crippen LogP contribution in [0.15, 0.2) is 18.2 Å². The van der Waals surface area contributed by atoms with E-state index in [1.165, 1.54) is 0 Å². The van der Waals surface area contributed by atoms with E-state index in [2.05, 4.69) is 15.5 Å². The van der Waals surface area contributed by atoms with Crippen molar-refractivity contribution in [3.05, 3.63) is 23.2 Å². The number of benzene rings is 1. The van der Waals surface area contributed by atoms with Gasteiger partial charge in [-0.2, -0.15) is 0 Å². The lowest BCUT2D eigenvalue weighted by atomic mass is 10.2. The first-order valence-electron chi connectivity index (χ1n) is 8.04. The van der Waals surface area contributed by atoms with Crippen molar-refractivity contribution in [2.45, 2.75) is 0 Å². The van der Waals surface area contributed by atoms with E-state index in [4.69, 9.17) is 16.3 Å². The molecular formula is C16H21ClN4O3. The van der Waals surface area contributed by atoms with Gasteiger partial charge in [-0.05, 0) is 18.2 Å². The molecule has 7 nitrogen and oxygen atoms in total. The first kappa shape index (κ1) is 16.9. The van der Waals surface area contributed by atoms with E-state index in [1.54, 1.807) is 4.90 Å². The predicted molar refractivity (Wildman–Crippen MR) is 92.6 cm³/mol. The van der Waals surface area contributed by atoms with Gasteiger partial charge in [-0.15, -0.1) is 0 Å². The summed E-state index contributed by atoms with van der Waals surface area (Å²) in [6, 6.07) is 5.62. The maximum Gasteiger partial charge on any atom is 0.242 e. The van der Waals surface area contributed by atoms with Crippen LogP contribution in [0, 0.1) is 0 Å². The zero-order valence-electron chi connectivity index (χ0n) is 13.4. The molecule has 0 atom stereocenters. The van der Waals surface area contributed by atoms with Crippen LogP contribution in [0.1, 0.15) is 0 Å². The summed E-state index contributed by atoms with van der Waals surface area (Å²) < 4.78 is 5.39. The van der Waals surface area contributed by atoms with Gasteiger partial charge >= 0.3 is 0 Å². The van der Waals surface area contributed by atoms with Crippen molar-refractivity contribution in [2.24, 2.45) is 0 Å². The molecule has 2 aliphatic heterocycles. The van der Waals surface area contributed by atoms with Crippen LogP contribution in [0.4, 0.5) is 11.4 Å². The van der Waals surface area contributed by atoms with Gasteiger partial charge in [0.15, 0.2) is 0 Å². The Kier molecular flexibility index (Phi) is 5.42. The first-order chi connectivity index (χ1) is 11.6. The Bertz CT molecular complexity index is 619. The molecule has 24 heavy (non-hydrogen) atoms. The topological polar surface area (TPSA) is 73.9 Å². The number of halogens is 1. The monoisotopic (exact) mass is 352 g/mol. The van der Waals surface area contributed by atoms with Gasteiger partial charge in [0.2, 0.25) is 11.8 Å². The molecule has 2 N–H and O–H groups in total. The number of piperazine rings is 1. The van der Waals surface area contributed by atoms with Crippen LogP contribution in [0.5, 0.6) is 0 Å². The molecule has 2 saturated heterocycles. The zero-order valence-corrected chi connectivity index (χ0v) is 14.1. The molecule has 2 heterocycles. The molecule has 0 aromatic heterocycles. The fraction of sp³-hybridized carbons (Fsp3) is 0.500. The van der Waals surface area contributed by atoms with Crippen molar-refractivity contribution >= 4 is 34.8 Å². The number of nitrogens with one attached hydrogen (secondary N) is 2. The number of carbonyl (C=O) groups is 2. The maximum absolute atomic E-state index is 12.3. The SMILES string of the molecule is O=C1CN(C(=O)CNc2cc(Cl)ccc2N2CCOCC2)CCN1. The summed E-state index contributed by atoms with van der Waals surface area (Å²) in [5.41, 5.74) is 1.83. The van der Waals surface area contributed by atoms with Crippen molar-refractivity contribution in [1.82, 2.24) is 10.2 Å². The van der Waals surface area contributed by atoms with Crippen LogP contribution in [0.3, 0.4) is 0 Å². The van der Waals surface area contributed by atoms with Gasteiger partial charge in [0, 0.05) is 31.2 Å². The summed E-state index contributed by atoms with van der Waals surface area (Å²) in [4.78, 5) is 27.5.